The van der Waals surface area contributed by atoms with Crippen LogP contribution in [0, 0.1) is 0 Å². The maximum Gasteiger partial charge on any atom is 0.412 e. The molecule has 1 N–H and O–H groups in total. The molecule has 1 aromatic heterocycles. The summed E-state index contributed by atoms with van der Waals surface area (Å²) in [5.41, 5.74) is -1.95. The lowest BCUT2D eigenvalue weighted by molar-refractivity contribution is 0.0635. The fraction of sp³-hybridized carbons (Fsp3) is 0.192. The molecular weight excluding hydrogens is 553 g/mol. The van der Waals surface area contributed by atoms with Gasteiger partial charge in [-0.3, -0.25) is 14.7 Å². The van der Waals surface area contributed by atoms with E-state index in [-0.39, 0.29) is 36.4 Å². The van der Waals surface area contributed by atoms with Crippen molar-refractivity contribution in [2.45, 2.75) is 37.8 Å². The van der Waals surface area contributed by atoms with Crippen LogP contribution < -0.4 is 16.6 Å². The van der Waals surface area contributed by atoms with E-state index in [4.69, 9.17) is 27.9 Å². The standard InChI is InChI=1S/C26H23Cl2N3O6S/c1-26(2,3)37-24(33)29-21-7-5-4-6-16(21)15-30-22-14-18(28)10-13-20(22)23(32)31(25(30)34)38(35,36)19-11-8-17(27)9-12-19/h4-14H,15H2,1-3H3,(H,29,33). The van der Waals surface area contributed by atoms with Crippen molar-refractivity contribution in [2.75, 3.05) is 5.32 Å². The average Bonchev–Trinajstić information content (AvgIpc) is 2.81. The smallest absolute Gasteiger partial charge is 0.412 e. The maximum atomic E-state index is 13.7. The molecule has 0 aliphatic heterocycles. The highest BCUT2D eigenvalue weighted by molar-refractivity contribution is 7.90. The van der Waals surface area contributed by atoms with Crippen LogP contribution in [-0.4, -0.2) is 28.7 Å². The number of anilines is 1. The van der Waals surface area contributed by atoms with E-state index < -0.39 is 33.0 Å². The third kappa shape index (κ3) is 5.62. The van der Waals surface area contributed by atoms with Gasteiger partial charge in [-0.1, -0.05) is 41.4 Å². The van der Waals surface area contributed by atoms with Gasteiger partial charge in [0, 0.05) is 15.7 Å². The van der Waals surface area contributed by atoms with E-state index in [1.807, 2.05) is 0 Å². The molecule has 9 nitrogen and oxygen atoms in total. The van der Waals surface area contributed by atoms with E-state index in [0.29, 0.717) is 11.3 Å². The molecule has 0 saturated heterocycles. The van der Waals surface area contributed by atoms with E-state index >= 15 is 0 Å². The predicted molar refractivity (Wildman–Crippen MR) is 147 cm³/mol. The normalized spacial score (nSPS) is 11.9. The lowest BCUT2D eigenvalue weighted by atomic mass is 10.1. The Balaban J connectivity index is 1.91. The Bertz CT molecular complexity index is 1770. The number of ether oxygens (including phenoxy) is 1. The Kier molecular flexibility index (Phi) is 7.42. The van der Waals surface area contributed by atoms with Crippen LogP contribution in [0.5, 0.6) is 0 Å². The minimum atomic E-state index is -4.59. The van der Waals surface area contributed by atoms with Crippen molar-refractivity contribution in [1.29, 1.82) is 0 Å². The second-order valence-electron chi connectivity index (χ2n) is 9.34. The molecule has 0 bridgehead atoms. The van der Waals surface area contributed by atoms with Crippen LogP contribution in [0.15, 0.2) is 81.2 Å². The lowest BCUT2D eigenvalue weighted by Crippen LogP contribution is -2.44. The Hall–Kier alpha value is -3.60. The second-order valence-corrected chi connectivity index (χ2v) is 12.0. The first-order chi connectivity index (χ1) is 17.8. The van der Waals surface area contributed by atoms with Crippen molar-refractivity contribution < 1.29 is 17.9 Å². The number of hydrogen-bond acceptors (Lipinski definition) is 6. The number of rotatable bonds is 5. The fourth-order valence-electron chi connectivity index (χ4n) is 3.76. The van der Waals surface area contributed by atoms with Crippen LogP contribution in [0.25, 0.3) is 10.9 Å². The molecule has 12 heteroatoms. The van der Waals surface area contributed by atoms with Gasteiger partial charge in [0.1, 0.15) is 5.60 Å². The molecule has 1 amide bonds. The van der Waals surface area contributed by atoms with Gasteiger partial charge >= 0.3 is 11.8 Å². The lowest BCUT2D eigenvalue weighted by Gasteiger charge is -2.21. The van der Waals surface area contributed by atoms with Gasteiger partial charge in [0.25, 0.3) is 15.6 Å². The largest absolute Gasteiger partial charge is 0.444 e. The number of carbonyl (C=O) groups is 1. The number of amides is 1. The number of benzene rings is 3. The van der Waals surface area contributed by atoms with Gasteiger partial charge in [0.05, 0.1) is 22.3 Å². The summed E-state index contributed by atoms with van der Waals surface area (Å²) in [6.45, 7) is 4.97. The first-order valence-electron chi connectivity index (χ1n) is 11.3. The van der Waals surface area contributed by atoms with E-state index in [2.05, 4.69) is 5.32 Å². The van der Waals surface area contributed by atoms with Crippen molar-refractivity contribution in [3.05, 3.63) is 103 Å². The second kappa shape index (κ2) is 10.3. The van der Waals surface area contributed by atoms with E-state index in [1.54, 1.807) is 45.0 Å². The first kappa shape index (κ1) is 27.4. The van der Waals surface area contributed by atoms with Gasteiger partial charge in [0.15, 0.2) is 0 Å². The highest BCUT2D eigenvalue weighted by Gasteiger charge is 2.26. The number of aromatic nitrogens is 2. The van der Waals surface area contributed by atoms with Gasteiger partial charge in [-0.25, -0.2) is 18.0 Å². The van der Waals surface area contributed by atoms with Crippen LogP contribution in [-0.2, 0) is 21.3 Å². The summed E-state index contributed by atoms with van der Waals surface area (Å²) in [6.07, 6.45) is -0.708. The molecule has 38 heavy (non-hydrogen) atoms. The highest BCUT2D eigenvalue weighted by atomic mass is 35.5. The molecule has 0 aliphatic carbocycles. The van der Waals surface area contributed by atoms with Crippen molar-refractivity contribution in [3.8, 4) is 0 Å². The Labute approximate surface area is 228 Å². The maximum absolute atomic E-state index is 13.7. The molecular formula is C26H23Cl2N3O6S. The zero-order valence-corrected chi connectivity index (χ0v) is 22.9. The van der Waals surface area contributed by atoms with E-state index in [9.17, 15) is 22.8 Å². The zero-order chi connectivity index (χ0) is 27.8. The van der Waals surface area contributed by atoms with Gasteiger partial charge in [-0.2, -0.15) is 0 Å². The SMILES string of the molecule is CC(C)(C)OC(=O)Nc1ccccc1Cn1c(=O)n(S(=O)(=O)c2ccc(Cl)cc2)c(=O)c2ccc(Cl)cc21. The molecule has 0 saturated carbocycles. The molecule has 0 fully saturated rings. The van der Waals surface area contributed by atoms with Crippen LogP contribution in [0.4, 0.5) is 10.5 Å². The topological polar surface area (TPSA) is 116 Å². The molecule has 4 aromatic rings. The van der Waals surface area contributed by atoms with Crippen molar-refractivity contribution in [2.24, 2.45) is 0 Å². The van der Waals surface area contributed by atoms with Gasteiger partial charge < -0.3 is 4.74 Å². The minimum Gasteiger partial charge on any atom is -0.444 e. The average molecular weight is 576 g/mol. The molecule has 198 valence electrons. The summed E-state index contributed by atoms with van der Waals surface area (Å²) in [7, 11) is -4.59. The van der Waals surface area contributed by atoms with Crippen molar-refractivity contribution >= 4 is 55.9 Å². The third-order valence-corrected chi connectivity index (χ3v) is 7.56. The summed E-state index contributed by atoms with van der Waals surface area (Å²) in [4.78, 5) is 39.1. The van der Waals surface area contributed by atoms with Crippen LogP contribution in [0.2, 0.25) is 10.0 Å². The van der Waals surface area contributed by atoms with Crippen LogP contribution in [0.1, 0.15) is 26.3 Å². The Morgan fingerprint density at radius 2 is 1.58 bits per heavy atom. The van der Waals surface area contributed by atoms with Crippen LogP contribution in [0.3, 0.4) is 0 Å². The van der Waals surface area contributed by atoms with Crippen LogP contribution >= 0.6 is 23.2 Å². The van der Waals surface area contributed by atoms with Crippen molar-refractivity contribution in [3.63, 3.8) is 0 Å². The highest BCUT2D eigenvalue weighted by Crippen LogP contribution is 2.22. The fourth-order valence-corrected chi connectivity index (χ4v) is 5.36. The molecule has 0 radical (unpaired) electrons. The molecule has 0 atom stereocenters. The Morgan fingerprint density at radius 3 is 2.24 bits per heavy atom. The monoisotopic (exact) mass is 575 g/mol. The zero-order valence-electron chi connectivity index (χ0n) is 20.6. The van der Waals surface area contributed by atoms with Gasteiger partial charge in [-0.05, 0) is 74.9 Å². The molecule has 4 rings (SSSR count). The summed E-state index contributed by atoms with van der Waals surface area (Å²) in [5.74, 6) is 0. The number of carbonyl (C=O) groups excluding carboxylic acids is 1. The predicted octanol–water partition coefficient (Wildman–Crippen LogP) is 5.10. The number of fused-ring (bicyclic) bond motifs is 1. The number of hydrogen-bond donors (Lipinski definition) is 1. The quantitative estimate of drug-likeness (QED) is 0.353. The number of para-hydroxylation sites is 1. The Morgan fingerprint density at radius 1 is 0.947 bits per heavy atom. The summed E-state index contributed by atoms with van der Waals surface area (Å²) >= 11 is 12.1. The van der Waals surface area contributed by atoms with E-state index in [0.717, 1.165) is 4.57 Å². The first-order valence-corrected chi connectivity index (χ1v) is 13.5. The summed E-state index contributed by atoms with van der Waals surface area (Å²) in [6, 6.07) is 15.9. The molecule has 0 spiro atoms. The van der Waals surface area contributed by atoms with Gasteiger partial charge in [-0.15, -0.1) is 3.97 Å². The number of nitrogens with zero attached hydrogens (tertiary/aromatic N) is 2. The summed E-state index contributed by atoms with van der Waals surface area (Å²) < 4.78 is 33.6. The van der Waals surface area contributed by atoms with Crippen molar-refractivity contribution in [1.82, 2.24) is 8.54 Å². The summed E-state index contributed by atoms with van der Waals surface area (Å²) in [5, 5.41) is 3.14. The molecule has 3 aromatic carbocycles. The third-order valence-electron chi connectivity index (χ3n) is 5.40. The van der Waals surface area contributed by atoms with E-state index in [1.165, 1.54) is 42.5 Å². The molecule has 0 unspecified atom stereocenters. The molecule has 1 heterocycles. The number of nitrogens with one attached hydrogen (secondary N) is 1. The molecule has 0 aliphatic rings. The minimum absolute atomic E-state index is 0.0379. The van der Waals surface area contributed by atoms with Gasteiger partial charge in [0.2, 0.25) is 0 Å². The number of halogens is 2.